The number of ether oxygens (including phenoxy) is 1. The molecule has 1 rings (SSSR count). The largest absolute Gasteiger partial charge is 0.495 e. The van der Waals surface area contributed by atoms with Gasteiger partial charge in [-0.25, -0.2) is 0 Å². The van der Waals surface area contributed by atoms with E-state index in [1.54, 1.807) is 18.2 Å². The van der Waals surface area contributed by atoms with E-state index in [1.165, 1.54) is 20.2 Å². The molecule has 0 aliphatic carbocycles. The number of aliphatic carboxylic acids is 1. The summed E-state index contributed by atoms with van der Waals surface area (Å²) >= 11 is 0. The fourth-order valence-corrected chi connectivity index (χ4v) is 1.57. The number of benzene rings is 1. The molecule has 1 aromatic carbocycles. The Bertz CT molecular complexity index is 647. The molecule has 0 saturated heterocycles. The minimum absolute atomic E-state index is 0.239. The van der Waals surface area contributed by atoms with Gasteiger partial charge in [0.2, 0.25) is 0 Å². The first-order valence-electron chi connectivity index (χ1n) is 6.44. The van der Waals surface area contributed by atoms with Gasteiger partial charge in [-0.3, -0.25) is 9.59 Å². The predicted molar refractivity (Wildman–Crippen MR) is 80.3 cm³/mol. The summed E-state index contributed by atoms with van der Waals surface area (Å²) in [7, 11) is 1.51. The van der Waals surface area contributed by atoms with E-state index >= 15 is 0 Å². The van der Waals surface area contributed by atoms with Crippen molar-refractivity contribution in [3.8, 4) is 11.8 Å². The van der Waals surface area contributed by atoms with Gasteiger partial charge in [-0.15, -0.1) is 0 Å². The minimum Gasteiger partial charge on any atom is -0.495 e. The summed E-state index contributed by atoms with van der Waals surface area (Å²) in [6.45, 7) is 3.20. The van der Waals surface area contributed by atoms with Crippen molar-refractivity contribution in [3.05, 3.63) is 35.5 Å². The van der Waals surface area contributed by atoms with Crippen molar-refractivity contribution in [3.63, 3.8) is 0 Å². The van der Waals surface area contributed by atoms with Crippen molar-refractivity contribution in [2.45, 2.75) is 19.9 Å². The Morgan fingerprint density at radius 2 is 2.14 bits per heavy atom. The van der Waals surface area contributed by atoms with Crippen LogP contribution in [0.15, 0.2) is 30.0 Å². The van der Waals surface area contributed by atoms with Crippen molar-refractivity contribution in [1.29, 1.82) is 5.26 Å². The van der Waals surface area contributed by atoms with Gasteiger partial charge in [0.15, 0.2) is 0 Å². The van der Waals surface area contributed by atoms with Crippen LogP contribution in [0.1, 0.15) is 12.5 Å². The molecule has 0 bridgehead atoms. The van der Waals surface area contributed by atoms with Gasteiger partial charge in [0, 0.05) is 6.20 Å². The average molecular weight is 303 g/mol. The molecule has 1 atom stereocenters. The van der Waals surface area contributed by atoms with E-state index in [9.17, 15) is 9.59 Å². The predicted octanol–water partition coefficient (Wildman–Crippen LogP) is 1.41. The zero-order valence-electron chi connectivity index (χ0n) is 12.5. The zero-order chi connectivity index (χ0) is 16.7. The number of carboxylic acids is 1. The van der Waals surface area contributed by atoms with E-state index in [0.29, 0.717) is 11.4 Å². The number of hydrogen-bond acceptors (Lipinski definition) is 5. The van der Waals surface area contributed by atoms with Gasteiger partial charge in [0.25, 0.3) is 5.91 Å². The van der Waals surface area contributed by atoms with Crippen LogP contribution >= 0.6 is 0 Å². The van der Waals surface area contributed by atoms with Crippen LogP contribution < -0.4 is 15.4 Å². The fourth-order valence-electron chi connectivity index (χ4n) is 1.57. The molecule has 0 saturated carbocycles. The minimum atomic E-state index is -1.18. The van der Waals surface area contributed by atoms with Gasteiger partial charge in [0.05, 0.1) is 12.8 Å². The number of carbonyl (C=O) groups excluding carboxylic acids is 1. The highest BCUT2D eigenvalue weighted by atomic mass is 16.5. The Balaban J connectivity index is 2.90. The highest BCUT2D eigenvalue weighted by Gasteiger charge is 2.17. The number of carbonyl (C=O) groups is 2. The molecule has 0 aliphatic heterocycles. The second-order valence-corrected chi connectivity index (χ2v) is 4.55. The molecule has 0 radical (unpaired) electrons. The molecule has 1 unspecified atom stereocenters. The number of anilines is 1. The lowest BCUT2D eigenvalue weighted by molar-refractivity contribution is -0.140. The van der Waals surface area contributed by atoms with Crippen LogP contribution in [0, 0.1) is 18.3 Å². The van der Waals surface area contributed by atoms with Gasteiger partial charge in [0.1, 0.15) is 23.4 Å². The fraction of sp³-hybridized carbons (Fsp3) is 0.267. The quantitative estimate of drug-likeness (QED) is 0.541. The summed E-state index contributed by atoms with van der Waals surface area (Å²) in [5, 5.41) is 22.8. The molecule has 7 heteroatoms. The molecule has 22 heavy (non-hydrogen) atoms. The number of carboxylic acid groups (broad SMARTS) is 1. The number of nitrogens with one attached hydrogen (secondary N) is 2. The second-order valence-electron chi connectivity index (χ2n) is 4.55. The normalized spacial score (nSPS) is 12.0. The topological polar surface area (TPSA) is 111 Å². The standard InChI is InChI=1S/C15H17N3O4/c1-9-4-5-13(22-3)12(6-9)17-8-11(7-16)14(19)18-10(2)15(20)21/h4-6,8,10,17H,1-3H3,(H,18,19)(H,20,21)/b11-8-. The summed E-state index contributed by atoms with van der Waals surface area (Å²) < 4.78 is 5.17. The number of methoxy groups -OCH3 is 1. The third-order valence-electron chi connectivity index (χ3n) is 2.81. The SMILES string of the molecule is COc1ccc(C)cc1N/C=C(/C#N)C(=O)NC(C)C(=O)O. The summed E-state index contributed by atoms with van der Waals surface area (Å²) in [6, 6.07) is 6.05. The molecule has 0 aliphatic rings. The average Bonchev–Trinajstić information content (AvgIpc) is 2.47. The summed E-state index contributed by atoms with van der Waals surface area (Å²) in [4.78, 5) is 22.5. The van der Waals surface area contributed by atoms with Crippen LogP contribution in [0.25, 0.3) is 0 Å². The van der Waals surface area contributed by atoms with Gasteiger partial charge >= 0.3 is 5.97 Å². The van der Waals surface area contributed by atoms with Crippen molar-refractivity contribution >= 4 is 17.6 Å². The van der Waals surface area contributed by atoms with Gasteiger partial charge < -0.3 is 20.5 Å². The first-order chi connectivity index (χ1) is 10.4. The monoisotopic (exact) mass is 303 g/mol. The Kier molecular flexibility index (Phi) is 5.96. The molecule has 0 spiro atoms. The maximum atomic E-state index is 11.8. The lowest BCUT2D eigenvalue weighted by Crippen LogP contribution is -2.39. The van der Waals surface area contributed by atoms with Crippen molar-refractivity contribution in [2.24, 2.45) is 0 Å². The lowest BCUT2D eigenvalue weighted by Gasteiger charge is -2.11. The van der Waals surface area contributed by atoms with E-state index in [-0.39, 0.29) is 5.57 Å². The maximum Gasteiger partial charge on any atom is 0.325 e. The van der Waals surface area contributed by atoms with E-state index < -0.39 is 17.9 Å². The molecular weight excluding hydrogens is 286 g/mol. The van der Waals surface area contributed by atoms with E-state index in [2.05, 4.69) is 10.6 Å². The molecular formula is C15H17N3O4. The van der Waals surface area contributed by atoms with Gasteiger partial charge in [-0.05, 0) is 31.5 Å². The number of hydrogen-bond donors (Lipinski definition) is 3. The number of amides is 1. The summed E-state index contributed by atoms with van der Waals surface area (Å²) in [5.41, 5.74) is 1.32. The molecule has 1 aromatic rings. The Morgan fingerprint density at radius 1 is 1.45 bits per heavy atom. The Labute approximate surface area is 128 Å². The Morgan fingerprint density at radius 3 is 2.68 bits per heavy atom. The molecule has 0 aromatic heterocycles. The first-order valence-corrected chi connectivity index (χ1v) is 6.44. The highest BCUT2D eigenvalue weighted by molar-refractivity contribution is 5.99. The number of rotatable bonds is 6. The summed E-state index contributed by atoms with van der Waals surface area (Å²) in [6.07, 6.45) is 1.21. The van der Waals surface area contributed by atoms with E-state index in [4.69, 9.17) is 15.1 Å². The van der Waals surface area contributed by atoms with Crippen LogP contribution in [0.5, 0.6) is 5.75 Å². The molecule has 3 N–H and O–H groups in total. The van der Waals surface area contributed by atoms with Crippen molar-refractivity contribution in [2.75, 3.05) is 12.4 Å². The third kappa shape index (κ3) is 4.52. The van der Waals surface area contributed by atoms with Gasteiger partial charge in [-0.2, -0.15) is 5.26 Å². The van der Waals surface area contributed by atoms with Crippen LogP contribution in [0.3, 0.4) is 0 Å². The maximum absolute atomic E-state index is 11.8. The molecule has 7 nitrogen and oxygen atoms in total. The third-order valence-corrected chi connectivity index (χ3v) is 2.81. The molecule has 0 heterocycles. The molecule has 0 fully saturated rings. The number of nitrogens with zero attached hydrogens (tertiary/aromatic N) is 1. The second kappa shape index (κ2) is 7.69. The lowest BCUT2D eigenvalue weighted by atomic mass is 10.2. The number of nitriles is 1. The highest BCUT2D eigenvalue weighted by Crippen LogP contribution is 2.25. The molecule has 116 valence electrons. The van der Waals surface area contributed by atoms with Crippen LogP contribution in [-0.2, 0) is 9.59 Å². The van der Waals surface area contributed by atoms with Gasteiger partial charge in [-0.1, -0.05) is 6.07 Å². The van der Waals surface area contributed by atoms with E-state index in [0.717, 1.165) is 5.56 Å². The van der Waals surface area contributed by atoms with Crippen molar-refractivity contribution in [1.82, 2.24) is 5.32 Å². The zero-order valence-corrected chi connectivity index (χ0v) is 12.5. The van der Waals surface area contributed by atoms with Crippen molar-refractivity contribution < 1.29 is 19.4 Å². The first kappa shape index (κ1) is 17.0. The van der Waals surface area contributed by atoms with E-state index in [1.807, 2.05) is 13.0 Å². The smallest absolute Gasteiger partial charge is 0.325 e. The molecule has 1 amide bonds. The van der Waals surface area contributed by atoms with Crippen LogP contribution in [-0.4, -0.2) is 30.1 Å². The van der Waals surface area contributed by atoms with Crippen LogP contribution in [0.2, 0.25) is 0 Å². The summed E-state index contributed by atoms with van der Waals surface area (Å²) in [5.74, 6) is -1.39. The van der Waals surface area contributed by atoms with Crippen LogP contribution in [0.4, 0.5) is 5.69 Å². The number of aryl methyl sites for hydroxylation is 1. The Hall–Kier alpha value is -3.01.